The van der Waals surface area contributed by atoms with Crippen molar-refractivity contribution in [2.24, 2.45) is 0 Å². The number of halogens is 1. The predicted octanol–water partition coefficient (Wildman–Crippen LogP) is 4.30. The molecule has 1 amide bonds. The summed E-state index contributed by atoms with van der Waals surface area (Å²) in [6.07, 6.45) is 1.78. The Morgan fingerprint density at radius 3 is 2.65 bits per heavy atom. The number of hydrogen-bond donors (Lipinski definition) is 2. The van der Waals surface area contributed by atoms with Crippen molar-refractivity contribution in [1.29, 1.82) is 0 Å². The summed E-state index contributed by atoms with van der Waals surface area (Å²) in [6, 6.07) is 13.3. The molecular formula is C18H20BrNO2S. The van der Waals surface area contributed by atoms with Gasteiger partial charge in [0.1, 0.15) is 5.75 Å². The van der Waals surface area contributed by atoms with Crippen LogP contribution < -0.4 is 5.32 Å². The maximum atomic E-state index is 11.9. The van der Waals surface area contributed by atoms with E-state index in [-0.39, 0.29) is 11.7 Å². The number of hydrogen-bond acceptors (Lipinski definition) is 3. The van der Waals surface area contributed by atoms with Crippen molar-refractivity contribution in [3.05, 3.63) is 58.1 Å². The van der Waals surface area contributed by atoms with Gasteiger partial charge in [0.2, 0.25) is 5.91 Å². The van der Waals surface area contributed by atoms with Gasteiger partial charge in [-0.05, 0) is 61.2 Å². The molecule has 0 aliphatic heterocycles. The maximum absolute atomic E-state index is 11.9. The average Bonchev–Trinajstić information content (AvgIpc) is 2.52. The van der Waals surface area contributed by atoms with Crippen LogP contribution >= 0.6 is 27.7 Å². The third-order valence-electron chi connectivity index (χ3n) is 3.40. The number of rotatable bonds is 7. The fourth-order valence-corrected chi connectivity index (χ4v) is 3.47. The second kappa shape index (κ2) is 8.99. The van der Waals surface area contributed by atoms with Gasteiger partial charge in [-0.1, -0.05) is 28.1 Å². The van der Waals surface area contributed by atoms with Gasteiger partial charge in [-0.2, -0.15) is 0 Å². The van der Waals surface area contributed by atoms with Crippen LogP contribution in [0.2, 0.25) is 0 Å². The van der Waals surface area contributed by atoms with Crippen LogP contribution in [0.15, 0.2) is 51.8 Å². The molecule has 0 atom stereocenters. The van der Waals surface area contributed by atoms with E-state index in [1.165, 1.54) is 5.56 Å². The number of aromatic hydroxyl groups is 1. The Bertz CT molecular complexity index is 659. The van der Waals surface area contributed by atoms with Crippen molar-refractivity contribution in [2.75, 3.05) is 12.3 Å². The van der Waals surface area contributed by atoms with Crippen LogP contribution in [0.25, 0.3) is 0 Å². The van der Waals surface area contributed by atoms with Gasteiger partial charge in [0, 0.05) is 15.9 Å². The largest absolute Gasteiger partial charge is 0.508 e. The van der Waals surface area contributed by atoms with E-state index in [1.54, 1.807) is 23.9 Å². The Balaban J connectivity index is 1.66. The van der Waals surface area contributed by atoms with Gasteiger partial charge in [0.05, 0.1) is 5.75 Å². The van der Waals surface area contributed by atoms with Gasteiger partial charge in [0.15, 0.2) is 0 Å². The lowest BCUT2D eigenvalue weighted by Crippen LogP contribution is -2.26. The predicted molar refractivity (Wildman–Crippen MR) is 99.0 cm³/mol. The van der Waals surface area contributed by atoms with Crippen LogP contribution in [0.4, 0.5) is 0 Å². The Kier molecular flexibility index (Phi) is 6.99. The molecule has 0 aliphatic rings. The Morgan fingerprint density at radius 2 is 1.96 bits per heavy atom. The van der Waals surface area contributed by atoms with E-state index in [2.05, 4.69) is 27.3 Å². The first-order chi connectivity index (χ1) is 11.0. The lowest BCUT2D eigenvalue weighted by Gasteiger charge is -2.07. The normalized spacial score (nSPS) is 10.5. The fraction of sp³-hybridized carbons (Fsp3) is 0.278. The Morgan fingerprint density at radius 1 is 1.22 bits per heavy atom. The number of carbonyl (C=O) groups excluding carboxylic acids is 1. The topological polar surface area (TPSA) is 49.3 Å². The number of nitrogens with one attached hydrogen (secondary N) is 1. The second-order valence-electron chi connectivity index (χ2n) is 5.32. The summed E-state index contributed by atoms with van der Waals surface area (Å²) >= 11 is 5.00. The van der Waals surface area contributed by atoms with E-state index >= 15 is 0 Å². The summed E-state index contributed by atoms with van der Waals surface area (Å²) < 4.78 is 1.05. The highest BCUT2D eigenvalue weighted by molar-refractivity contribution is 9.10. The zero-order valence-electron chi connectivity index (χ0n) is 13.0. The summed E-state index contributed by atoms with van der Waals surface area (Å²) in [5, 5.41) is 12.2. The molecule has 0 radical (unpaired) electrons. The zero-order chi connectivity index (χ0) is 16.7. The SMILES string of the molecule is Cc1cc(Br)ccc1SCC(=O)NCCCc1ccc(O)cc1. The molecule has 3 nitrogen and oxygen atoms in total. The first kappa shape index (κ1) is 17.9. The van der Waals surface area contributed by atoms with Gasteiger partial charge in [-0.25, -0.2) is 0 Å². The summed E-state index contributed by atoms with van der Waals surface area (Å²) in [4.78, 5) is 13.0. The Labute approximate surface area is 149 Å². The van der Waals surface area contributed by atoms with Gasteiger partial charge in [-0.15, -0.1) is 11.8 Å². The molecule has 23 heavy (non-hydrogen) atoms. The number of aryl methyl sites for hydroxylation is 2. The number of carbonyl (C=O) groups is 1. The Hall–Kier alpha value is -1.46. The minimum atomic E-state index is 0.0584. The summed E-state index contributed by atoms with van der Waals surface area (Å²) in [7, 11) is 0. The molecule has 5 heteroatoms. The fourth-order valence-electron chi connectivity index (χ4n) is 2.15. The van der Waals surface area contributed by atoms with E-state index < -0.39 is 0 Å². The van der Waals surface area contributed by atoms with E-state index in [9.17, 15) is 9.90 Å². The number of phenols is 1. The summed E-state index contributed by atoms with van der Waals surface area (Å²) in [5.41, 5.74) is 2.33. The summed E-state index contributed by atoms with van der Waals surface area (Å²) in [6.45, 7) is 2.71. The van der Waals surface area contributed by atoms with Crippen molar-refractivity contribution >= 4 is 33.6 Å². The third-order valence-corrected chi connectivity index (χ3v) is 5.07. The van der Waals surface area contributed by atoms with Crippen molar-refractivity contribution in [2.45, 2.75) is 24.7 Å². The first-order valence-electron chi connectivity index (χ1n) is 7.48. The molecule has 2 N–H and O–H groups in total. The van der Waals surface area contributed by atoms with Crippen LogP contribution in [0.3, 0.4) is 0 Å². The summed E-state index contributed by atoms with van der Waals surface area (Å²) in [5.74, 6) is 0.770. The van der Waals surface area contributed by atoms with Crippen LogP contribution in [0, 0.1) is 6.92 Å². The standard InChI is InChI=1S/C18H20BrNO2S/c1-13-11-15(19)6-9-17(13)23-12-18(22)20-10-2-3-14-4-7-16(21)8-5-14/h4-9,11,21H,2-3,10,12H2,1H3,(H,20,22). The van der Waals surface area contributed by atoms with Crippen molar-refractivity contribution in [3.63, 3.8) is 0 Å². The average molecular weight is 394 g/mol. The van der Waals surface area contributed by atoms with Gasteiger partial charge >= 0.3 is 0 Å². The minimum absolute atomic E-state index is 0.0584. The molecule has 0 aliphatic carbocycles. The van der Waals surface area contributed by atoms with Crippen LogP contribution in [-0.4, -0.2) is 23.3 Å². The molecular weight excluding hydrogens is 374 g/mol. The second-order valence-corrected chi connectivity index (χ2v) is 7.25. The molecule has 122 valence electrons. The minimum Gasteiger partial charge on any atom is -0.508 e. The van der Waals surface area contributed by atoms with Crippen LogP contribution in [0.5, 0.6) is 5.75 Å². The number of thioether (sulfide) groups is 1. The van der Waals surface area contributed by atoms with Crippen molar-refractivity contribution < 1.29 is 9.90 Å². The molecule has 0 saturated heterocycles. The van der Waals surface area contributed by atoms with E-state index in [4.69, 9.17) is 0 Å². The molecule has 2 aromatic carbocycles. The quantitative estimate of drug-likeness (QED) is 0.544. The lowest BCUT2D eigenvalue weighted by molar-refractivity contribution is -0.118. The van der Waals surface area contributed by atoms with Gasteiger partial charge in [-0.3, -0.25) is 4.79 Å². The van der Waals surface area contributed by atoms with E-state index in [0.717, 1.165) is 27.8 Å². The molecule has 2 rings (SSSR count). The first-order valence-corrected chi connectivity index (χ1v) is 9.26. The van der Waals surface area contributed by atoms with Crippen LogP contribution in [-0.2, 0) is 11.2 Å². The van der Waals surface area contributed by atoms with Gasteiger partial charge < -0.3 is 10.4 Å². The number of phenolic OH excluding ortho intramolecular Hbond substituents is 1. The molecule has 2 aromatic rings. The van der Waals surface area contributed by atoms with Crippen molar-refractivity contribution in [3.8, 4) is 5.75 Å². The van der Waals surface area contributed by atoms with Crippen LogP contribution in [0.1, 0.15) is 17.5 Å². The van der Waals surface area contributed by atoms with E-state index in [0.29, 0.717) is 12.3 Å². The molecule has 0 saturated carbocycles. The highest BCUT2D eigenvalue weighted by Gasteiger charge is 2.05. The number of benzene rings is 2. The molecule has 0 heterocycles. The highest BCUT2D eigenvalue weighted by atomic mass is 79.9. The molecule has 0 bridgehead atoms. The third kappa shape index (κ3) is 6.28. The molecule has 0 spiro atoms. The lowest BCUT2D eigenvalue weighted by atomic mass is 10.1. The highest BCUT2D eigenvalue weighted by Crippen LogP contribution is 2.25. The maximum Gasteiger partial charge on any atom is 0.230 e. The smallest absolute Gasteiger partial charge is 0.230 e. The molecule has 0 unspecified atom stereocenters. The molecule has 0 fully saturated rings. The molecule has 0 aromatic heterocycles. The monoisotopic (exact) mass is 393 g/mol. The van der Waals surface area contributed by atoms with E-state index in [1.807, 2.05) is 31.2 Å². The van der Waals surface area contributed by atoms with Gasteiger partial charge in [0.25, 0.3) is 0 Å². The zero-order valence-corrected chi connectivity index (χ0v) is 15.4. The number of amides is 1. The van der Waals surface area contributed by atoms with Crippen molar-refractivity contribution in [1.82, 2.24) is 5.32 Å².